The van der Waals surface area contributed by atoms with Crippen LogP contribution in [0.5, 0.6) is 0 Å². The second-order valence-corrected chi connectivity index (χ2v) is 29.5. The number of phosphoric acid groups is 2. The standard InChI is InChI=1S/C91H144O17P2/c1-5-9-13-17-21-25-29-33-36-39-42-45-48-52-56-60-64-68-72-76-89(94)102-82-87(108-91(96)78-74-70-66-62-58-54-50-47-44-41-38-35-31-27-23-19-15-11-7-3)84-106-110(99,100)104-80-85(92)79-103-109(97,98)105-83-86(81-101-88(93)75-71-67-63-59-55-51-32-28-24-20-16-12-8-4)107-90(95)77-73-69-65-61-57-53-49-46-43-40-37-34-30-26-22-18-14-10-6-2/h9,11,13,15,21-23,25-28,32-38,42-47,52-54,56-58,65-66,69-70,85-87,92H,5-8,10,12,14,16-20,24,29-31,39-41,48-51,55,59-64,67-68,71-84H2,1-4H3,(H,97,98)(H,99,100)/b13-9-,15-11-,25-21-,26-22-,27-23-,32-28-,36-33-,37-34-,38-35-,45-42-,46-43-,47-44-,56-52-,57-53-,58-54-,69-65-,70-66-/t85-,86+,87+/m0/s1. The highest BCUT2D eigenvalue weighted by molar-refractivity contribution is 7.47. The van der Waals surface area contributed by atoms with Gasteiger partial charge in [-0.2, -0.15) is 0 Å². The van der Waals surface area contributed by atoms with Crippen molar-refractivity contribution in [1.82, 2.24) is 0 Å². The maximum absolute atomic E-state index is 13.1. The van der Waals surface area contributed by atoms with E-state index in [1.54, 1.807) is 0 Å². The molecule has 5 atom stereocenters. The Morgan fingerprint density at radius 2 is 0.491 bits per heavy atom. The van der Waals surface area contributed by atoms with Gasteiger partial charge in [-0.1, -0.05) is 292 Å². The van der Waals surface area contributed by atoms with Crippen LogP contribution in [0.2, 0.25) is 0 Å². The fourth-order valence-electron chi connectivity index (χ4n) is 10.0. The molecule has 0 aromatic heterocycles. The van der Waals surface area contributed by atoms with Gasteiger partial charge in [0.1, 0.15) is 19.3 Å². The molecule has 0 spiro atoms. The molecule has 0 rings (SSSR count). The van der Waals surface area contributed by atoms with Crippen molar-refractivity contribution in [3.8, 4) is 0 Å². The van der Waals surface area contributed by atoms with Crippen molar-refractivity contribution in [3.05, 3.63) is 207 Å². The fourth-order valence-corrected chi connectivity index (χ4v) is 11.6. The third kappa shape index (κ3) is 79.7. The summed E-state index contributed by atoms with van der Waals surface area (Å²) in [6.45, 7) is 4.36. The van der Waals surface area contributed by atoms with Gasteiger partial charge in [0.15, 0.2) is 12.2 Å². The van der Waals surface area contributed by atoms with Gasteiger partial charge in [-0.3, -0.25) is 37.3 Å². The van der Waals surface area contributed by atoms with Crippen LogP contribution in [-0.2, 0) is 65.4 Å². The zero-order valence-corrected chi connectivity index (χ0v) is 69.6. The maximum Gasteiger partial charge on any atom is 0.472 e. The molecular weight excluding hydrogens is 1430 g/mol. The summed E-state index contributed by atoms with van der Waals surface area (Å²) in [5, 5.41) is 10.7. The molecule has 0 aliphatic heterocycles. The highest BCUT2D eigenvalue weighted by Gasteiger charge is 2.30. The van der Waals surface area contributed by atoms with Gasteiger partial charge in [-0.25, -0.2) is 9.13 Å². The minimum Gasteiger partial charge on any atom is -0.462 e. The van der Waals surface area contributed by atoms with Crippen molar-refractivity contribution in [2.75, 3.05) is 39.6 Å². The van der Waals surface area contributed by atoms with E-state index in [-0.39, 0.29) is 25.7 Å². The van der Waals surface area contributed by atoms with Crippen LogP contribution >= 0.6 is 15.6 Å². The first kappa shape index (κ1) is 104. The third-order valence-corrected chi connectivity index (χ3v) is 18.1. The van der Waals surface area contributed by atoms with E-state index in [2.05, 4.69) is 198 Å². The first-order valence-electron chi connectivity index (χ1n) is 41.3. The Labute approximate surface area is 665 Å². The van der Waals surface area contributed by atoms with Crippen LogP contribution in [0.1, 0.15) is 285 Å². The summed E-state index contributed by atoms with van der Waals surface area (Å²) in [7, 11) is -10.0. The number of ether oxygens (including phenoxy) is 4. The number of carbonyl (C=O) groups excluding carboxylic acids is 4. The van der Waals surface area contributed by atoms with Gasteiger partial charge < -0.3 is 33.8 Å². The molecule has 0 bridgehead atoms. The Kier molecular flexibility index (Phi) is 76.0. The largest absolute Gasteiger partial charge is 0.472 e. The molecule has 620 valence electrons. The average Bonchev–Trinajstić information content (AvgIpc) is 0.905. The van der Waals surface area contributed by atoms with Crippen LogP contribution < -0.4 is 0 Å². The quantitative estimate of drug-likeness (QED) is 0.0169. The van der Waals surface area contributed by atoms with Crippen molar-refractivity contribution in [3.63, 3.8) is 0 Å². The Morgan fingerprint density at radius 1 is 0.264 bits per heavy atom. The highest BCUT2D eigenvalue weighted by atomic mass is 31.2. The molecule has 0 aromatic carbocycles. The van der Waals surface area contributed by atoms with Crippen LogP contribution in [0.25, 0.3) is 0 Å². The Morgan fingerprint density at radius 3 is 0.800 bits per heavy atom. The van der Waals surface area contributed by atoms with E-state index >= 15 is 0 Å². The van der Waals surface area contributed by atoms with E-state index in [0.29, 0.717) is 38.5 Å². The monoisotopic (exact) mass is 1570 g/mol. The van der Waals surface area contributed by atoms with E-state index in [0.717, 1.165) is 148 Å². The number of aliphatic hydroxyl groups excluding tert-OH is 1. The molecule has 17 nitrogen and oxygen atoms in total. The topological polar surface area (TPSA) is 237 Å². The van der Waals surface area contributed by atoms with Crippen molar-refractivity contribution in [2.24, 2.45) is 0 Å². The summed E-state index contributed by atoms with van der Waals surface area (Å²) in [6.07, 6.45) is 101. The molecule has 0 amide bonds. The van der Waals surface area contributed by atoms with Crippen LogP contribution in [0.15, 0.2) is 207 Å². The minimum absolute atomic E-state index is 0.0402. The maximum atomic E-state index is 13.1. The molecule has 3 N–H and O–H groups in total. The lowest BCUT2D eigenvalue weighted by Gasteiger charge is -2.21. The summed E-state index contributed by atoms with van der Waals surface area (Å²) in [5.74, 6) is -2.44. The molecule has 0 aromatic rings. The SMILES string of the molecule is CC/C=C\C/C=C\C/C=C\C/C=C\C/C=C\C/C=C\CCC(=O)O[C@H](COC(=O)CCCCC/C=C\C/C=C\C/C=C\C/C=C\C/C=C\CC)COP(=O)(O)OC[C@@H](O)COP(=O)(O)OC[C@@H](COC(=O)CCCCCCC/C=C\CCCCCC)OC(=O)CC/C=C\C/C=C\C/C=C\C/C=C\C/C=C\CCCCC. The molecule has 0 aliphatic carbocycles. The van der Waals surface area contributed by atoms with Crippen LogP contribution in [0, 0.1) is 0 Å². The Hall–Kier alpha value is -6.36. The van der Waals surface area contributed by atoms with Crippen molar-refractivity contribution in [2.45, 2.75) is 303 Å². The zero-order valence-electron chi connectivity index (χ0n) is 67.8. The zero-order chi connectivity index (χ0) is 80.3. The number of hydrogen-bond donors (Lipinski definition) is 3. The first-order valence-corrected chi connectivity index (χ1v) is 44.3. The van der Waals surface area contributed by atoms with Gasteiger partial charge >= 0.3 is 39.5 Å². The van der Waals surface area contributed by atoms with Gasteiger partial charge in [0.05, 0.1) is 26.4 Å². The molecule has 0 aliphatic rings. The molecule has 0 saturated carbocycles. The Balaban J connectivity index is 5.57. The lowest BCUT2D eigenvalue weighted by atomic mass is 10.1. The summed E-state index contributed by atoms with van der Waals surface area (Å²) in [5.41, 5.74) is 0. The van der Waals surface area contributed by atoms with E-state index < -0.39 is 97.5 Å². The van der Waals surface area contributed by atoms with Crippen molar-refractivity contribution < 1.29 is 80.2 Å². The number of allylic oxidation sites excluding steroid dienone is 34. The van der Waals surface area contributed by atoms with Gasteiger partial charge in [0.25, 0.3) is 0 Å². The van der Waals surface area contributed by atoms with E-state index in [9.17, 15) is 43.2 Å². The molecular formula is C91H144O17P2. The van der Waals surface area contributed by atoms with Crippen LogP contribution in [0.3, 0.4) is 0 Å². The average molecular weight is 1570 g/mol. The normalized spacial score (nSPS) is 14.9. The predicted octanol–water partition coefficient (Wildman–Crippen LogP) is 24.7. The summed E-state index contributed by atoms with van der Waals surface area (Å²) >= 11 is 0. The number of esters is 4. The summed E-state index contributed by atoms with van der Waals surface area (Å²) in [4.78, 5) is 73.1. The summed E-state index contributed by atoms with van der Waals surface area (Å²) < 4.78 is 68.5. The van der Waals surface area contributed by atoms with Crippen molar-refractivity contribution >= 4 is 39.5 Å². The minimum atomic E-state index is -5.03. The van der Waals surface area contributed by atoms with Gasteiger partial charge in [0, 0.05) is 25.7 Å². The van der Waals surface area contributed by atoms with Gasteiger partial charge in [0.2, 0.25) is 0 Å². The van der Waals surface area contributed by atoms with Gasteiger partial charge in [-0.05, 0) is 173 Å². The molecule has 110 heavy (non-hydrogen) atoms. The van der Waals surface area contributed by atoms with E-state index in [1.165, 1.54) is 44.9 Å². The molecule has 0 radical (unpaired) electrons. The van der Waals surface area contributed by atoms with Crippen LogP contribution in [-0.4, -0.2) is 96.7 Å². The fraction of sp³-hybridized carbons (Fsp3) is 0.582. The van der Waals surface area contributed by atoms with Crippen molar-refractivity contribution in [1.29, 1.82) is 0 Å². The lowest BCUT2D eigenvalue weighted by molar-refractivity contribution is -0.161. The third-order valence-electron chi connectivity index (χ3n) is 16.2. The molecule has 0 fully saturated rings. The number of carbonyl (C=O) groups is 4. The number of phosphoric ester groups is 2. The Bertz CT molecular complexity index is 2900. The lowest BCUT2D eigenvalue weighted by Crippen LogP contribution is -2.30. The second-order valence-electron chi connectivity index (χ2n) is 26.6. The van der Waals surface area contributed by atoms with Gasteiger partial charge in [-0.15, -0.1) is 0 Å². The molecule has 0 heterocycles. The summed E-state index contributed by atoms with van der Waals surface area (Å²) in [6, 6.07) is 0. The van der Waals surface area contributed by atoms with Crippen LogP contribution in [0.4, 0.5) is 0 Å². The highest BCUT2D eigenvalue weighted by Crippen LogP contribution is 2.45. The first-order chi connectivity index (χ1) is 53.7. The molecule has 0 saturated heterocycles. The number of unbranched alkanes of at least 4 members (excludes halogenated alkanes) is 15. The number of hydrogen-bond acceptors (Lipinski definition) is 15. The number of aliphatic hydroxyl groups is 1. The second kappa shape index (κ2) is 80.7. The van der Waals surface area contributed by atoms with E-state index in [4.69, 9.17) is 37.0 Å². The molecule has 2 unspecified atom stereocenters. The number of rotatable bonds is 75. The van der Waals surface area contributed by atoms with E-state index in [1.807, 2.05) is 36.5 Å². The molecule has 19 heteroatoms. The predicted molar refractivity (Wildman–Crippen MR) is 454 cm³/mol. The smallest absolute Gasteiger partial charge is 0.462 e.